The molecule has 0 aromatic carbocycles. The third kappa shape index (κ3) is 3.76. The Labute approximate surface area is 97.8 Å². The van der Waals surface area contributed by atoms with E-state index in [4.69, 9.17) is 5.11 Å². The lowest BCUT2D eigenvalue weighted by atomic mass is 9.89. The monoisotopic (exact) mass is 228 g/mol. The molecular formula is C12H24N2O2. The van der Waals surface area contributed by atoms with Gasteiger partial charge in [-0.25, -0.2) is 0 Å². The molecule has 0 heterocycles. The number of carbonyl (C=O) groups excluding carboxylic acids is 1. The van der Waals surface area contributed by atoms with Gasteiger partial charge in [0.2, 0.25) is 5.91 Å². The standard InChI is InChI=1S/C12H24N2O2/c1-4-9(5-2)14-12(16)8(3)13-10-6-11(15)7-10/h8-11,13,15H,4-7H2,1-3H3,(H,14,16). The first-order valence-electron chi connectivity index (χ1n) is 6.31. The molecule has 0 radical (unpaired) electrons. The first kappa shape index (κ1) is 13.5. The molecule has 1 aliphatic rings. The van der Waals surface area contributed by atoms with Crippen molar-refractivity contribution >= 4 is 5.91 Å². The van der Waals surface area contributed by atoms with Crippen LogP contribution in [0.3, 0.4) is 0 Å². The molecule has 16 heavy (non-hydrogen) atoms. The lowest BCUT2D eigenvalue weighted by molar-refractivity contribution is -0.124. The van der Waals surface area contributed by atoms with Gasteiger partial charge in [0.15, 0.2) is 0 Å². The second kappa shape index (κ2) is 6.21. The molecule has 3 N–H and O–H groups in total. The molecule has 1 saturated carbocycles. The van der Waals surface area contributed by atoms with E-state index in [0.29, 0.717) is 6.04 Å². The van der Waals surface area contributed by atoms with Crippen molar-refractivity contribution in [2.75, 3.05) is 0 Å². The maximum absolute atomic E-state index is 11.8. The molecule has 4 nitrogen and oxygen atoms in total. The molecule has 0 aromatic rings. The van der Waals surface area contributed by atoms with E-state index < -0.39 is 0 Å². The molecule has 4 heteroatoms. The summed E-state index contributed by atoms with van der Waals surface area (Å²) in [6, 6.07) is 0.416. The summed E-state index contributed by atoms with van der Waals surface area (Å²) in [4.78, 5) is 11.8. The van der Waals surface area contributed by atoms with E-state index >= 15 is 0 Å². The number of aliphatic hydroxyl groups excluding tert-OH is 1. The average Bonchev–Trinajstić information content (AvgIpc) is 2.23. The third-order valence-corrected chi connectivity index (χ3v) is 3.32. The van der Waals surface area contributed by atoms with Crippen molar-refractivity contribution in [1.29, 1.82) is 0 Å². The van der Waals surface area contributed by atoms with Gasteiger partial charge < -0.3 is 15.7 Å². The molecule has 1 fully saturated rings. The van der Waals surface area contributed by atoms with Crippen molar-refractivity contribution < 1.29 is 9.90 Å². The molecular weight excluding hydrogens is 204 g/mol. The summed E-state index contributed by atoms with van der Waals surface area (Å²) in [7, 11) is 0. The Morgan fingerprint density at radius 2 is 1.94 bits per heavy atom. The Morgan fingerprint density at radius 3 is 2.38 bits per heavy atom. The summed E-state index contributed by atoms with van der Waals surface area (Å²) < 4.78 is 0. The van der Waals surface area contributed by atoms with Gasteiger partial charge in [-0.05, 0) is 32.6 Å². The predicted octanol–water partition coefficient (Wildman–Crippen LogP) is 0.793. The number of aliphatic hydroxyl groups is 1. The molecule has 1 unspecified atom stereocenters. The highest BCUT2D eigenvalue weighted by atomic mass is 16.3. The van der Waals surface area contributed by atoms with Gasteiger partial charge in [0.25, 0.3) is 0 Å². The fourth-order valence-electron chi connectivity index (χ4n) is 1.97. The maximum atomic E-state index is 11.8. The lowest BCUT2D eigenvalue weighted by Gasteiger charge is -2.34. The minimum Gasteiger partial charge on any atom is -0.393 e. The van der Waals surface area contributed by atoms with Gasteiger partial charge >= 0.3 is 0 Å². The quantitative estimate of drug-likeness (QED) is 0.630. The number of rotatable bonds is 6. The van der Waals surface area contributed by atoms with Gasteiger partial charge in [-0.15, -0.1) is 0 Å². The minimum absolute atomic E-state index is 0.0649. The van der Waals surface area contributed by atoms with Crippen molar-refractivity contribution in [2.45, 2.75) is 70.7 Å². The Balaban J connectivity index is 2.24. The van der Waals surface area contributed by atoms with E-state index in [1.165, 1.54) is 0 Å². The molecule has 0 saturated heterocycles. The van der Waals surface area contributed by atoms with Crippen molar-refractivity contribution in [3.8, 4) is 0 Å². The van der Waals surface area contributed by atoms with E-state index in [1.807, 2.05) is 6.92 Å². The normalized spacial score (nSPS) is 26.3. The van der Waals surface area contributed by atoms with Crippen molar-refractivity contribution in [2.24, 2.45) is 0 Å². The largest absolute Gasteiger partial charge is 0.393 e. The van der Waals surface area contributed by atoms with E-state index in [9.17, 15) is 4.79 Å². The van der Waals surface area contributed by atoms with E-state index in [-0.39, 0.29) is 24.1 Å². The van der Waals surface area contributed by atoms with Gasteiger partial charge in [-0.1, -0.05) is 13.8 Å². The highest BCUT2D eigenvalue weighted by molar-refractivity contribution is 5.81. The highest BCUT2D eigenvalue weighted by Gasteiger charge is 2.29. The van der Waals surface area contributed by atoms with Gasteiger partial charge in [-0.3, -0.25) is 4.79 Å². The maximum Gasteiger partial charge on any atom is 0.237 e. The molecule has 1 atom stereocenters. The van der Waals surface area contributed by atoms with Crippen LogP contribution in [-0.4, -0.2) is 35.2 Å². The van der Waals surface area contributed by atoms with Gasteiger partial charge in [0.1, 0.15) is 0 Å². The zero-order chi connectivity index (χ0) is 12.1. The molecule has 1 aliphatic carbocycles. The fourth-order valence-corrected chi connectivity index (χ4v) is 1.97. The van der Waals surface area contributed by atoms with Crippen LogP contribution in [0.15, 0.2) is 0 Å². The Hall–Kier alpha value is -0.610. The summed E-state index contributed by atoms with van der Waals surface area (Å²) in [5.74, 6) is 0.0649. The Morgan fingerprint density at radius 1 is 1.38 bits per heavy atom. The number of hydrogen-bond donors (Lipinski definition) is 3. The average molecular weight is 228 g/mol. The van der Waals surface area contributed by atoms with Crippen LogP contribution in [0.4, 0.5) is 0 Å². The molecule has 94 valence electrons. The molecule has 0 aliphatic heterocycles. The van der Waals surface area contributed by atoms with Crippen LogP contribution < -0.4 is 10.6 Å². The van der Waals surface area contributed by atoms with Gasteiger partial charge in [0, 0.05) is 12.1 Å². The Kier molecular flexibility index (Phi) is 5.22. The van der Waals surface area contributed by atoms with Crippen molar-refractivity contribution in [3.63, 3.8) is 0 Å². The topological polar surface area (TPSA) is 61.4 Å². The zero-order valence-corrected chi connectivity index (χ0v) is 10.5. The number of hydrogen-bond acceptors (Lipinski definition) is 3. The molecule has 0 spiro atoms. The Bertz CT molecular complexity index is 223. The molecule has 0 bridgehead atoms. The molecule has 1 rings (SSSR count). The van der Waals surface area contributed by atoms with E-state index in [1.54, 1.807) is 0 Å². The fraction of sp³-hybridized carbons (Fsp3) is 0.917. The smallest absolute Gasteiger partial charge is 0.237 e. The van der Waals surface area contributed by atoms with Crippen LogP contribution in [0.1, 0.15) is 46.5 Å². The second-order valence-corrected chi connectivity index (χ2v) is 4.73. The number of amides is 1. The van der Waals surface area contributed by atoms with Crippen LogP contribution >= 0.6 is 0 Å². The minimum atomic E-state index is -0.174. The summed E-state index contributed by atoms with van der Waals surface area (Å²) in [6.45, 7) is 6.03. The summed E-state index contributed by atoms with van der Waals surface area (Å²) in [5.41, 5.74) is 0. The summed E-state index contributed by atoms with van der Waals surface area (Å²) in [6.07, 6.45) is 3.30. The molecule has 1 amide bonds. The first-order valence-corrected chi connectivity index (χ1v) is 6.31. The van der Waals surface area contributed by atoms with E-state index in [2.05, 4.69) is 24.5 Å². The number of nitrogens with one attached hydrogen (secondary N) is 2. The summed E-state index contributed by atoms with van der Waals surface area (Å²) >= 11 is 0. The van der Waals surface area contributed by atoms with Crippen molar-refractivity contribution in [3.05, 3.63) is 0 Å². The SMILES string of the molecule is CCC(CC)NC(=O)C(C)NC1CC(O)C1. The highest BCUT2D eigenvalue weighted by Crippen LogP contribution is 2.19. The lowest BCUT2D eigenvalue weighted by Crippen LogP contribution is -2.53. The second-order valence-electron chi connectivity index (χ2n) is 4.73. The van der Waals surface area contributed by atoms with Crippen LogP contribution in [0.25, 0.3) is 0 Å². The van der Waals surface area contributed by atoms with Crippen molar-refractivity contribution in [1.82, 2.24) is 10.6 Å². The van der Waals surface area contributed by atoms with Crippen LogP contribution in [0, 0.1) is 0 Å². The molecule has 0 aromatic heterocycles. The van der Waals surface area contributed by atoms with Crippen LogP contribution in [0.2, 0.25) is 0 Å². The van der Waals surface area contributed by atoms with Gasteiger partial charge in [-0.2, -0.15) is 0 Å². The van der Waals surface area contributed by atoms with Crippen LogP contribution in [0.5, 0.6) is 0 Å². The van der Waals surface area contributed by atoms with Crippen LogP contribution in [-0.2, 0) is 4.79 Å². The zero-order valence-electron chi connectivity index (χ0n) is 10.5. The predicted molar refractivity (Wildman–Crippen MR) is 64.1 cm³/mol. The van der Waals surface area contributed by atoms with Gasteiger partial charge in [0.05, 0.1) is 12.1 Å². The third-order valence-electron chi connectivity index (χ3n) is 3.32. The van der Waals surface area contributed by atoms with E-state index in [0.717, 1.165) is 25.7 Å². The first-order chi connectivity index (χ1) is 7.56. The number of carbonyl (C=O) groups is 1. The summed E-state index contributed by atoms with van der Waals surface area (Å²) in [5, 5.41) is 15.4.